The number of nitrogens with two attached hydrogens (primary N) is 1. The van der Waals surface area contributed by atoms with Crippen LogP contribution in [0.2, 0.25) is 0 Å². The van der Waals surface area contributed by atoms with E-state index in [9.17, 15) is 0 Å². The van der Waals surface area contributed by atoms with Gasteiger partial charge in [0.25, 0.3) is 0 Å². The number of hydrogen-bond acceptors (Lipinski definition) is 3. The lowest BCUT2D eigenvalue weighted by molar-refractivity contribution is 0.0893. The molecule has 1 atom stereocenters. The van der Waals surface area contributed by atoms with E-state index in [4.69, 9.17) is 11.1 Å². The van der Waals surface area contributed by atoms with E-state index in [1.54, 1.807) is 0 Å². The fourth-order valence-electron chi connectivity index (χ4n) is 2.61. The van der Waals surface area contributed by atoms with Crippen molar-refractivity contribution in [2.24, 2.45) is 11.7 Å². The number of rotatable bonds is 6. The van der Waals surface area contributed by atoms with E-state index in [0.29, 0.717) is 11.9 Å². The maximum absolute atomic E-state index is 7.42. The van der Waals surface area contributed by atoms with Crippen LogP contribution >= 0.6 is 0 Å². The van der Waals surface area contributed by atoms with Crippen LogP contribution in [0.15, 0.2) is 0 Å². The average molecular weight is 240 g/mol. The van der Waals surface area contributed by atoms with Crippen molar-refractivity contribution in [1.29, 1.82) is 5.41 Å². The molecule has 4 nitrogen and oxygen atoms in total. The lowest BCUT2D eigenvalue weighted by Gasteiger charge is -2.39. The van der Waals surface area contributed by atoms with Gasteiger partial charge in [0.05, 0.1) is 5.84 Å². The highest BCUT2D eigenvalue weighted by molar-refractivity contribution is 5.77. The fraction of sp³-hybridized carbons (Fsp3) is 0.923. The summed E-state index contributed by atoms with van der Waals surface area (Å²) in [5, 5.41) is 7.42. The van der Waals surface area contributed by atoms with E-state index in [-0.39, 0.29) is 0 Å². The number of amidine groups is 1. The summed E-state index contributed by atoms with van der Waals surface area (Å²) < 4.78 is 0. The summed E-state index contributed by atoms with van der Waals surface area (Å²) in [5.41, 5.74) is 5.51. The van der Waals surface area contributed by atoms with Gasteiger partial charge in [0, 0.05) is 45.2 Å². The molecule has 0 saturated carbocycles. The predicted octanol–water partition coefficient (Wildman–Crippen LogP) is 1.36. The van der Waals surface area contributed by atoms with E-state index in [2.05, 4.69) is 30.6 Å². The van der Waals surface area contributed by atoms with E-state index in [1.165, 1.54) is 6.54 Å². The zero-order valence-corrected chi connectivity index (χ0v) is 11.6. The molecule has 1 saturated heterocycles. The summed E-state index contributed by atoms with van der Waals surface area (Å²) in [4.78, 5) is 5.04. The van der Waals surface area contributed by atoms with Gasteiger partial charge in [0.1, 0.15) is 0 Å². The molecular weight excluding hydrogens is 212 g/mol. The van der Waals surface area contributed by atoms with Crippen LogP contribution in [0.3, 0.4) is 0 Å². The molecule has 0 aliphatic carbocycles. The van der Waals surface area contributed by atoms with E-state index in [1.807, 2.05) is 0 Å². The van der Waals surface area contributed by atoms with Crippen LogP contribution in [0.4, 0.5) is 0 Å². The molecule has 1 aliphatic rings. The van der Waals surface area contributed by atoms with Crippen molar-refractivity contribution in [3.63, 3.8) is 0 Å². The molecule has 1 heterocycles. The molecule has 1 fully saturated rings. The van der Waals surface area contributed by atoms with Gasteiger partial charge in [-0.1, -0.05) is 20.8 Å². The van der Waals surface area contributed by atoms with Gasteiger partial charge in [-0.25, -0.2) is 0 Å². The van der Waals surface area contributed by atoms with Gasteiger partial charge in [0.2, 0.25) is 0 Å². The Kier molecular flexibility index (Phi) is 5.92. The summed E-state index contributed by atoms with van der Waals surface area (Å²) in [5.74, 6) is 1.07. The molecule has 1 rings (SSSR count). The Morgan fingerprint density at radius 2 is 1.82 bits per heavy atom. The van der Waals surface area contributed by atoms with Crippen molar-refractivity contribution in [2.75, 3.05) is 32.7 Å². The molecule has 1 aliphatic heterocycles. The smallest absolute Gasteiger partial charge is 0.0921 e. The number of nitrogens with zero attached hydrogens (tertiary/aromatic N) is 2. The Labute approximate surface area is 106 Å². The van der Waals surface area contributed by atoms with Gasteiger partial charge >= 0.3 is 0 Å². The molecule has 1 unspecified atom stereocenters. The molecule has 0 spiro atoms. The average Bonchev–Trinajstić information content (AvgIpc) is 2.26. The van der Waals surface area contributed by atoms with Gasteiger partial charge in [-0.3, -0.25) is 10.3 Å². The van der Waals surface area contributed by atoms with Crippen molar-refractivity contribution in [1.82, 2.24) is 9.80 Å². The summed E-state index contributed by atoms with van der Waals surface area (Å²) in [7, 11) is 0. The van der Waals surface area contributed by atoms with Crippen LogP contribution < -0.4 is 5.73 Å². The third kappa shape index (κ3) is 5.04. The maximum atomic E-state index is 7.42. The van der Waals surface area contributed by atoms with Crippen LogP contribution in [0.1, 0.15) is 33.6 Å². The van der Waals surface area contributed by atoms with Crippen molar-refractivity contribution in [2.45, 2.75) is 39.7 Å². The Morgan fingerprint density at radius 1 is 1.24 bits per heavy atom. The van der Waals surface area contributed by atoms with Gasteiger partial charge < -0.3 is 10.6 Å². The summed E-state index contributed by atoms with van der Waals surface area (Å²) in [6, 6.07) is 0.466. The second-order valence-corrected chi connectivity index (χ2v) is 5.52. The first kappa shape index (κ1) is 14.5. The van der Waals surface area contributed by atoms with Crippen LogP contribution in [0, 0.1) is 11.3 Å². The highest BCUT2D eigenvalue weighted by Gasteiger charge is 2.23. The van der Waals surface area contributed by atoms with E-state index < -0.39 is 0 Å². The largest absolute Gasteiger partial charge is 0.388 e. The third-order valence-electron chi connectivity index (χ3n) is 3.47. The molecule has 0 aromatic carbocycles. The monoisotopic (exact) mass is 240 g/mol. The van der Waals surface area contributed by atoms with Crippen molar-refractivity contribution in [3.8, 4) is 0 Å². The molecule has 100 valence electrons. The normalized spacial score (nSPS) is 20.7. The summed E-state index contributed by atoms with van der Waals surface area (Å²) in [6.45, 7) is 12.5. The van der Waals surface area contributed by atoms with Crippen LogP contribution in [-0.2, 0) is 0 Å². The highest BCUT2D eigenvalue weighted by Crippen LogP contribution is 2.13. The zero-order valence-electron chi connectivity index (χ0n) is 11.6. The molecule has 0 aromatic heterocycles. The quantitative estimate of drug-likeness (QED) is 0.544. The minimum absolute atomic E-state index is 0.321. The number of piperazine rings is 1. The Morgan fingerprint density at radius 3 is 2.24 bits per heavy atom. The SMILES string of the molecule is CCC(CC(=N)N)N1CCN(CC(C)C)CC1. The first-order valence-electron chi connectivity index (χ1n) is 6.82. The van der Waals surface area contributed by atoms with E-state index >= 15 is 0 Å². The Hall–Kier alpha value is -0.610. The number of hydrogen-bond donors (Lipinski definition) is 2. The molecule has 0 aromatic rings. The second kappa shape index (κ2) is 6.97. The zero-order chi connectivity index (χ0) is 12.8. The van der Waals surface area contributed by atoms with Crippen LogP contribution in [-0.4, -0.2) is 54.4 Å². The molecule has 3 N–H and O–H groups in total. The lowest BCUT2D eigenvalue weighted by Crippen LogP contribution is -2.51. The van der Waals surface area contributed by atoms with Gasteiger partial charge in [-0.05, 0) is 12.3 Å². The van der Waals surface area contributed by atoms with Crippen LogP contribution in [0.25, 0.3) is 0 Å². The van der Waals surface area contributed by atoms with Crippen molar-refractivity contribution in [3.05, 3.63) is 0 Å². The summed E-state index contributed by atoms with van der Waals surface area (Å²) >= 11 is 0. The van der Waals surface area contributed by atoms with Gasteiger partial charge in [0.15, 0.2) is 0 Å². The molecule has 17 heavy (non-hydrogen) atoms. The van der Waals surface area contributed by atoms with Crippen LogP contribution in [0.5, 0.6) is 0 Å². The Bertz CT molecular complexity index is 232. The van der Waals surface area contributed by atoms with Crippen molar-refractivity contribution >= 4 is 5.84 Å². The third-order valence-corrected chi connectivity index (χ3v) is 3.47. The molecule has 0 amide bonds. The topological polar surface area (TPSA) is 56.4 Å². The fourth-order valence-corrected chi connectivity index (χ4v) is 2.61. The second-order valence-electron chi connectivity index (χ2n) is 5.52. The number of nitrogens with one attached hydrogen (secondary N) is 1. The van der Waals surface area contributed by atoms with E-state index in [0.717, 1.165) is 44.9 Å². The Balaban J connectivity index is 2.36. The highest BCUT2D eigenvalue weighted by atomic mass is 15.3. The minimum Gasteiger partial charge on any atom is -0.388 e. The first-order chi connectivity index (χ1) is 8.02. The molecule has 0 bridgehead atoms. The molecular formula is C13H28N4. The minimum atomic E-state index is 0.321. The lowest BCUT2D eigenvalue weighted by atomic mass is 10.1. The molecule has 0 radical (unpaired) electrons. The van der Waals surface area contributed by atoms with Crippen molar-refractivity contribution < 1.29 is 0 Å². The summed E-state index contributed by atoms with van der Waals surface area (Å²) in [6.07, 6.45) is 1.81. The van der Waals surface area contributed by atoms with Gasteiger partial charge in [-0.15, -0.1) is 0 Å². The predicted molar refractivity (Wildman–Crippen MR) is 73.5 cm³/mol. The molecule has 4 heteroatoms. The van der Waals surface area contributed by atoms with Gasteiger partial charge in [-0.2, -0.15) is 0 Å². The maximum Gasteiger partial charge on any atom is 0.0921 e. The first-order valence-corrected chi connectivity index (χ1v) is 6.82. The standard InChI is InChI=1S/C13H28N4/c1-4-12(9-13(14)15)17-7-5-16(6-8-17)10-11(2)3/h11-12H,4-10H2,1-3H3,(H3,14,15).